The summed E-state index contributed by atoms with van der Waals surface area (Å²) in [7, 11) is -4.02. The molecule has 3 aromatic rings. The Bertz CT molecular complexity index is 1590. The van der Waals surface area contributed by atoms with Gasteiger partial charge in [0.15, 0.2) is 0 Å². The van der Waals surface area contributed by atoms with Gasteiger partial charge in [0.2, 0.25) is 5.79 Å². The average Bonchev–Trinajstić information content (AvgIpc) is 3.41. The van der Waals surface area contributed by atoms with E-state index in [0.29, 0.717) is 23.9 Å². The Morgan fingerprint density at radius 3 is 1.96 bits per heavy atom. The van der Waals surface area contributed by atoms with Gasteiger partial charge in [0.1, 0.15) is 0 Å². The highest BCUT2D eigenvalue weighted by atomic mass is 32.2. The summed E-state index contributed by atoms with van der Waals surface area (Å²) in [6.07, 6.45) is 5.96. The van der Waals surface area contributed by atoms with E-state index in [9.17, 15) is 13.2 Å². The molecule has 1 spiro atoms. The highest BCUT2D eigenvalue weighted by Gasteiger charge is 2.67. The van der Waals surface area contributed by atoms with Gasteiger partial charge in [-0.2, -0.15) is 18.2 Å². The predicted molar refractivity (Wildman–Crippen MR) is 168 cm³/mol. The first kappa shape index (κ1) is 31.8. The summed E-state index contributed by atoms with van der Waals surface area (Å²) in [4.78, 5) is 25.1. The van der Waals surface area contributed by atoms with Gasteiger partial charge in [-0.3, -0.25) is 9.35 Å². The van der Waals surface area contributed by atoms with E-state index in [-0.39, 0.29) is 10.8 Å². The molecule has 1 atom stereocenters. The van der Waals surface area contributed by atoms with Gasteiger partial charge in [-0.1, -0.05) is 60.2 Å². The van der Waals surface area contributed by atoms with Crippen LogP contribution in [0.3, 0.4) is 0 Å². The number of carbonyl (C=O) groups is 1. The predicted octanol–water partition coefficient (Wildman–Crippen LogP) is 5.73. The van der Waals surface area contributed by atoms with Gasteiger partial charge >= 0.3 is 0 Å². The first-order valence-electron chi connectivity index (χ1n) is 15.6. The maximum Gasteiger partial charge on any atom is 0.294 e. The van der Waals surface area contributed by atoms with Crippen LogP contribution in [-0.2, 0) is 30.4 Å². The number of amides is 1. The minimum atomic E-state index is -4.02. The van der Waals surface area contributed by atoms with Crippen LogP contribution < -0.4 is 11.1 Å². The highest BCUT2D eigenvalue weighted by molar-refractivity contribution is 7.85. The number of rotatable bonds is 6. The summed E-state index contributed by atoms with van der Waals surface area (Å²) < 4.78 is 36.6. The third-order valence-electron chi connectivity index (χ3n) is 9.57. The van der Waals surface area contributed by atoms with E-state index < -0.39 is 27.2 Å². The molecular formula is C35H42N2O7S. The fourth-order valence-corrected chi connectivity index (χ4v) is 8.01. The molecular weight excluding hydrogens is 592 g/mol. The Hall–Kier alpha value is -3.12. The summed E-state index contributed by atoms with van der Waals surface area (Å²) in [5.74, 6) is 0.294. The average molecular weight is 635 g/mol. The van der Waals surface area contributed by atoms with Crippen molar-refractivity contribution in [3.8, 4) is 0 Å². The van der Waals surface area contributed by atoms with Crippen LogP contribution in [0.15, 0.2) is 83.8 Å². The number of ether oxygens (including phenoxy) is 1. The number of hydrogen-bond donors (Lipinski definition) is 3. The zero-order chi connectivity index (χ0) is 32.0. The lowest BCUT2D eigenvalue weighted by atomic mass is 9.53. The molecule has 3 aromatic carbocycles. The van der Waals surface area contributed by atoms with Crippen LogP contribution in [0.4, 0.5) is 0 Å². The summed E-state index contributed by atoms with van der Waals surface area (Å²) in [5, 5.41) is 2.90. The van der Waals surface area contributed by atoms with Gasteiger partial charge in [-0.15, -0.1) is 0 Å². The second-order valence-electron chi connectivity index (χ2n) is 13.8. The zero-order valence-electron chi connectivity index (χ0n) is 25.9. The Morgan fingerprint density at radius 2 is 1.42 bits per heavy atom. The van der Waals surface area contributed by atoms with Crippen molar-refractivity contribution in [2.75, 3.05) is 6.54 Å². The van der Waals surface area contributed by atoms with Crippen LogP contribution in [-0.4, -0.2) is 36.7 Å². The standard InChI is InChI=1S/C28H34N2O4.C7H8O3S/c1-26(2,29)17-30-25(31)20-8-10-22(11-9-20)27(21-6-4-3-5-7-21)32-28(34-33-27)23-13-18-12-19(15-23)16-24(28)14-18;1-6-2-4-7(5-3-6)11(8,9)10/h3-11,18-19,23-24H,12-17,29H2,1-2H3,(H,30,31);2-5H,1H3,(H,8,9,10). The lowest BCUT2D eigenvalue weighted by Gasteiger charge is -2.57. The van der Waals surface area contributed by atoms with Crippen LogP contribution in [0.25, 0.3) is 0 Å². The minimum Gasteiger partial charge on any atom is -0.350 e. The van der Waals surface area contributed by atoms with Crippen molar-refractivity contribution in [2.24, 2.45) is 29.4 Å². The topological polar surface area (TPSA) is 137 Å². The smallest absolute Gasteiger partial charge is 0.294 e. The monoisotopic (exact) mass is 634 g/mol. The van der Waals surface area contributed by atoms with Crippen molar-refractivity contribution in [2.45, 2.75) is 74.9 Å². The van der Waals surface area contributed by atoms with E-state index in [1.54, 1.807) is 12.1 Å². The summed E-state index contributed by atoms with van der Waals surface area (Å²) >= 11 is 0. The van der Waals surface area contributed by atoms with Gasteiger partial charge in [0.25, 0.3) is 21.8 Å². The Labute approximate surface area is 265 Å². The molecule has 5 aliphatic rings. The molecule has 9 nitrogen and oxygen atoms in total. The largest absolute Gasteiger partial charge is 0.350 e. The maximum atomic E-state index is 12.6. The van der Waals surface area contributed by atoms with Gasteiger partial charge in [-0.25, -0.2) is 0 Å². The Balaban J connectivity index is 0.000000276. The number of benzene rings is 3. The van der Waals surface area contributed by atoms with Gasteiger partial charge < -0.3 is 15.8 Å². The molecule has 1 amide bonds. The van der Waals surface area contributed by atoms with E-state index in [1.165, 1.54) is 18.6 Å². The van der Waals surface area contributed by atoms with Crippen LogP contribution >= 0.6 is 0 Å². The molecule has 10 heteroatoms. The Morgan fingerprint density at radius 1 is 0.867 bits per heavy atom. The molecule has 4 saturated carbocycles. The molecule has 0 aromatic heterocycles. The third kappa shape index (κ3) is 6.45. The fraction of sp³-hybridized carbons (Fsp3) is 0.457. The van der Waals surface area contributed by atoms with Crippen LogP contribution in [0, 0.1) is 30.6 Å². The maximum absolute atomic E-state index is 12.6. The summed E-state index contributed by atoms with van der Waals surface area (Å²) in [6.45, 7) is 6.01. The molecule has 4 aliphatic carbocycles. The molecule has 0 radical (unpaired) electrons. The lowest BCUT2D eigenvalue weighted by Crippen LogP contribution is -2.59. The molecule has 1 heterocycles. The Kier molecular flexibility index (Phi) is 8.43. The molecule has 45 heavy (non-hydrogen) atoms. The van der Waals surface area contributed by atoms with E-state index >= 15 is 0 Å². The summed E-state index contributed by atoms with van der Waals surface area (Å²) in [5.41, 5.74) is 8.77. The number of hydrogen-bond acceptors (Lipinski definition) is 7. The second-order valence-corrected chi connectivity index (χ2v) is 15.2. The fourth-order valence-electron chi connectivity index (χ4n) is 7.53. The van der Waals surface area contributed by atoms with Gasteiger partial charge in [0.05, 0.1) is 4.90 Å². The van der Waals surface area contributed by atoms with Gasteiger partial charge in [0, 0.05) is 40.6 Å². The van der Waals surface area contributed by atoms with Crippen molar-refractivity contribution in [1.29, 1.82) is 0 Å². The van der Waals surface area contributed by atoms with Crippen LogP contribution in [0.2, 0.25) is 0 Å². The molecule has 1 aliphatic heterocycles. The van der Waals surface area contributed by atoms with E-state index in [0.717, 1.165) is 54.2 Å². The minimum absolute atomic E-state index is 0.0666. The third-order valence-corrected chi connectivity index (χ3v) is 10.4. The van der Waals surface area contributed by atoms with E-state index in [4.69, 9.17) is 24.8 Å². The van der Waals surface area contributed by atoms with Crippen LogP contribution in [0.5, 0.6) is 0 Å². The quantitative estimate of drug-likeness (QED) is 0.231. The zero-order valence-corrected chi connectivity index (χ0v) is 26.8. The van der Waals surface area contributed by atoms with Crippen LogP contribution in [0.1, 0.15) is 73.0 Å². The molecule has 8 rings (SSSR count). The van der Waals surface area contributed by atoms with E-state index in [2.05, 4.69) is 5.32 Å². The normalized spacial score (nSPS) is 30.2. The van der Waals surface area contributed by atoms with Crippen molar-refractivity contribution in [3.63, 3.8) is 0 Å². The van der Waals surface area contributed by atoms with E-state index in [1.807, 2.05) is 75.4 Å². The SMILES string of the molecule is CC(C)(N)CNC(=O)c1ccc(C2(c3ccccc3)OOC3(O2)C2CC4CC(C2)CC3C4)cc1.Cc1ccc(S(=O)(=O)O)cc1. The molecule has 1 saturated heterocycles. The number of carbonyl (C=O) groups excluding carboxylic acids is 1. The van der Waals surface area contributed by atoms with Crippen molar-refractivity contribution >= 4 is 16.0 Å². The molecule has 240 valence electrons. The molecule has 4 bridgehead atoms. The highest BCUT2D eigenvalue weighted by Crippen LogP contribution is 2.64. The number of nitrogens with two attached hydrogens (primary N) is 1. The van der Waals surface area contributed by atoms with Crippen molar-refractivity contribution in [3.05, 3.63) is 101 Å². The van der Waals surface area contributed by atoms with Gasteiger partial charge in [-0.05, 0) is 89.0 Å². The number of aryl methyl sites for hydroxylation is 1. The second kappa shape index (κ2) is 11.9. The number of nitrogens with one attached hydrogen (secondary N) is 1. The first-order valence-corrected chi connectivity index (χ1v) is 17.1. The molecule has 5 fully saturated rings. The van der Waals surface area contributed by atoms with Crippen molar-refractivity contribution < 1.29 is 32.3 Å². The molecule has 4 N–H and O–H groups in total. The first-order chi connectivity index (χ1) is 21.3. The lowest BCUT2D eigenvalue weighted by molar-refractivity contribution is -0.387. The molecule has 1 unspecified atom stereocenters. The van der Waals surface area contributed by atoms with Crippen molar-refractivity contribution in [1.82, 2.24) is 5.32 Å². The summed E-state index contributed by atoms with van der Waals surface area (Å²) in [6, 6.07) is 23.4.